The first kappa shape index (κ1) is 19.4. The Balaban J connectivity index is 1.73. The average molecular weight is 396 g/mol. The molecular formula is C24H29NO2S. The number of hydrogen-bond acceptors (Lipinski definition) is 3. The van der Waals surface area contributed by atoms with Crippen molar-refractivity contribution in [2.75, 3.05) is 18.8 Å². The third-order valence-corrected chi connectivity index (χ3v) is 7.30. The van der Waals surface area contributed by atoms with Crippen molar-refractivity contribution in [1.82, 2.24) is 4.90 Å². The van der Waals surface area contributed by atoms with E-state index in [1.165, 1.54) is 11.1 Å². The largest absolute Gasteiger partial charge is 0.444 e. The summed E-state index contributed by atoms with van der Waals surface area (Å²) >= 11 is 2.02. The molecule has 0 bridgehead atoms. The fourth-order valence-electron chi connectivity index (χ4n) is 4.80. The number of carbonyl (C=O) groups is 1. The van der Waals surface area contributed by atoms with E-state index >= 15 is 0 Å². The molecule has 2 atom stereocenters. The second-order valence-electron chi connectivity index (χ2n) is 8.85. The number of amides is 1. The van der Waals surface area contributed by atoms with E-state index in [4.69, 9.17) is 4.74 Å². The molecule has 2 fully saturated rings. The minimum absolute atomic E-state index is 0.0603. The lowest BCUT2D eigenvalue weighted by Crippen LogP contribution is -2.45. The highest BCUT2D eigenvalue weighted by atomic mass is 32.2. The first-order valence-electron chi connectivity index (χ1n) is 10.1. The Morgan fingerprint density at radius 2 is 1.57 bits per heavy atom. The van der Waals surface area contributed by atoms with Crippen molar-refractivity contribution in [2.24, 2.45) is 5.92 Å². The van der Waals surface area contributed by atoms with Crippen LogP contribution in [0.4, 0.5) is 4.79 Å². The number of ether oxygens (including phenoxy) is 1. The van der Waals surface area contributed by atoms with E-state index in [9.17, 15) is 4.79 Å². The Labute approximate surface area is 172 Å². The summed E-state index contributed by atoms with van der Waals surface area (Å²) in [6, 6.07) is 21.7. The van der Waals surface area contributed by atoms with Gasteiger partial charge < -0.3 is 9.64 Å². The van der Waals surface area contributed by atoms with Crippen LogP contribution in [-0.4, -0.2) is 40.7 Å². The highest BCUT2D eigenvalue weighted by Gasteiger charge is 2.53. The maximum Gasteiger partial charge on any atom is 0.410 e. The van der Waals surface area contributed by atoms with Crippen LogP contribution in [-0.2, 0) is 10.2 Å². The lowest BCUT2D eigenvalue weighted by Gasteiger charge is -2.46. The molecule has 0 saturated carbocycles. The molecule has 0 radical (unpaired) electrons. The molecule has 0 aromatic heterocycles. The predicted octanol–water partition coefficient (Wildman–Crippen LogP) is 5.35. The Morgan fingerprint density at radius 1 is 1.00 bits per heavy atom. The summed E-state index contributed by atoms with van der Waals surface area (Å²) in [4.78, 5) is 14.7. The lowest BCUT2D eigenvalue weighted by molar-refractivity contribution is 0.0283. The Hall–Kier alpha value is -1.94. The van der Waals surface area contributed by atoms with Crippen LogP contribution < -0.4 is 0 Å². The highest BCUT2D eigenvalue weighted by Crippen LogP contribution is 2.53. The summed E-state index contributed by atoms with van der Waals surface area (Å²) in [6.45, 7) is 7.31. The molecule has 2 heterocycles. The minimum Gasteiger partial charge on any atom is -0.444 e. The number of thioether (sulfide) groups is 1. The van der Waals surface area contributed by atoms with Crippen molar-refractivity contribution in [2.45, 2.75) is 43.5 Å². The second kappa shape index (κ2) is 7.47. The van der Waals surface area contributed by atoms with Crippen molar-refractivity contribution in [3.05, 3.63) is 71.8 Å². The summed E-state index contributed by atoms with van der Waals surface area (Å²) in [5.74, 6) is 1.48. The van der Waals surface area contributed by atoms with E-state index < -0.39 is 5.60 Å². The Morgan fingerprint density at radius 3 is 2.11 bits per heavy atom. The zero-order valence-electron chi connectivity index (χ0n) is 16.9. The lowest BCUT2D eigenvalue weighted by atomic mass is 9.63. The third kappa shape index (κ3) is 3.55. The molecule has 4 heteroatoms. The maximum atomic E-state index is 12.8. The van der Waals surface area contributed by atoms with Crippen molar-refractivity contribution in [3.8, 4) is 0 Å². The van der Waals surface area contributed by atoms with Gasteiger partial charge in [-0.1, -0.05) is 60.7 Å². The van der Waals surface area contributed by atoms with E-state index in [-0.39, 0.29) is 11.5 Å². The molecule has 4 rings (SSSR count). The van der Waals surface area contributed by atoms with Gasteiger partial charge in [0.05, 0.1) is 0 Å². The van der Waals surface area contributed by atoms with Crippen molar-refractivity contribution < 1.29 is 9.53 Å². The molecule has 28 heavy (non-hydrogen) atoms. The Bertz CT molecular complexity index is 776. The fraction of sp³-hybridized carbons (Fsp3) is 0.458. The standard InChI is InChI=1S/C24H29NO2S/c1-23(2,3)27-22(26)25-16-20-21(17-25)28-15-14-24(20,18-10-6-4-7-11-18)19-12-8-5-9-13-19/h4-13,20-21H,14-17H2,1-3H3. The SMILES string of the molecule is CC(C)(C)OC(=O)N1CC2SCCC(c3ccccc3)(c3ccccc3)C2C1. The summed E-state index contributed by atoms with van der Waals surface area (Å²) < 4.78 is 5.69. The molecule has 1 amide bonds. The molecule has 0 spiro atoms. The number of benzene rings is 2. The van der Waals surface area contributed by atoms with Gasteiger partial charge in [0.25, 0.3) is 0 Å². The van der Waals surface area contributed by atoms with Gasteiger partial charge in [0, 0.05) is 29.7 Å². The van der Waals surface area contributed by atoms with E-state index in [0.717, 1.165) is 25.3 Å². The van der Waals surface area contributed by atoms with Gasteiger partial charge >= 0.3 is 6.09 Å². The van der Waals surface area contributed by atoms with Gasteiger partial charge in [-0.05, 0) is 44.1 Å². The normalized spacial score (nSPS) is 23.9. The summed E-state index contributed by atoms with van der Waals surface area (Å²) in [5, 5.41) is 0.432. The third-order valence-electron chi connectivity index (χ3n) is 5.96. The molecule has 0 aliphatic carbocycles. The number of hydrogen-bond donors (Lipinski definition) is 0. The molecule has 2 aliphatic heterocycles. The quantitative estimate of drug-likeness (QED) is 0.687. The molecule has 2 aliphatic rings. The molecule has 0 N–H and O–H groups in total. The summed E-state index contributed by atoms with van der Waals surface area (Å²) in [7, 11) is 0. The number of likely N-dealkylation sites (tertiary alicyclic amines) is 1. The molecule has 3 nitrogen and oxygen atoms in total. The zero-order chi connectivity index (χ0) is 19.8. The van der Waals surface area contributed by atoms with Crippen LogP contribution in [0.25, 0.3) is 0 Å². The first-order valence-corrected chi connectivity index (χ1v) is 11.2. The van der Waals surface area contributed by atoms with Crippen LogP contribution in [0.15, 0.2) is 60.7 Å². The van der Waals surface area contributed by atoms with Crippen LogP contribution in [0.5, 0.6) is 0 Å². The van der Waals surface area contributed by atoms with Gasteiger partial charge in [-0.3, -0.25) is 0 Å². The molecule has 2 aromatic carbocycles. The fourth-order valence-corrected chi connectivity index (χ4v) is 6.38. The first-order chi connectivity index (χ1) is 13.4. The molecule has 148 valence electrons. The molecule has 2 unspecified atom stereocenters. The summed E-state index contributed by atoms with van der Waals surface area (Å²) in [6.07, 6.45) is 0.909. The van der Waals surface area contributed by atoms with E-state index in [1.54, 1.807) is 0 Å². The molecular weight excluding hydrogens is 366 g/mol. The van der Waals surface area contributed by atoms with Gasteiger partial charge in [-0.2, -0.15) is 11.8 Å². The van der Waals surface area contributed by atoms with Crippen molar-refractivity contribution >= 4 is 17.9 Å². The number of fused-ring (bicyclic) bond motifs is 1. The van der Waals surface area contributed by atoms with Gasteiger partial charge in [-0.15, -0.1) is 0 Å². The Kier molecular flexibility index (Phi) is 5.17. The van der Waals surface area contributed by atoms with Gasteiger partial charge in [-0.25, -0.2) is 4.79 Å². The summed E-state index contributed by atoms with van der Waals surface area (Å²) in [5.41, 5.74) is 2.20. The van der Waals surface area contributed by atoms with Crippen molar-refractivity contribution in [3.63, 3.8) is 0 Å². The number of nitrogens with zero attached hydrogens (tertiary/aromatic N) is 1. The monoisotopic (exact) mass is 395 g/mol. The van der Waals surface area contributed by atoms with Gasteiger partial charge in [0.1, 0.15) is 5.60 Å². The van der Waals surface area contributed by atoms with Gasteiger partial charge in [0.15, 0.2) is 0 Å². The minimum atomic E-state index is -0.464. The predicted molar refractivity (Wildman–Crippen MR) is 116 cm³/mol. The number of carbonyl (C=O) groups excluding carboxylic acids is 1. The van der Waals surface area contributed by atoms with Crippen molar-refractivity contribution in [1.29, 1.82) is 0 Å². The number of rotatable bonds is 2. The highest BCUT2D eigenvalue weighted by molar-refractivity contribution is 8.00. The topological polar surface area (TPSA) is 29.5 Å². The molecule has 2 saturated heterocycles. The van der Waals surface area contributed by atoms with Crippen LogP contribution in [0.1, 0.15) is 38.3 Å². The van der Waals surface area contributed by atoms with Crippen LogP contribution in [0.3, 0.4) is 0 Å². The van der Waals surface area contributed by atoms with E-state index in [0.29, 0.717) is 11.2 Å². The smallest absolute Gasteiger partial charge is 0.410 e. The van der Waals surface area contributed by atoms with Crippen LogP contribution >= 0.6 is 11.8 Å². The van der Waals surface area contributed by atoms with Gasteiger partial charge in [0.2, 0.25) is 0 Å². The van der Waals surface area contributed by atoms with Crippen LogP contribution in [0, 0.1) is 5.92 Å². The zero-order valence-corrected chi connectivity index (χ0v) is 17.7. The molecule has 2 aromatic rings. The van der Waals surface area contributed by atoms with Crippen LogP contribution in [0.2, 0.25) is 0 Å². The van der Waals surface area contributed by atoms with E-state index in [1.807, 2.05) is 37.4 Å². The second-order valence-corrected chi connectivity index (χ2v) is 10.2. The maximum absolute atomic E-state index is 12.8. The average Bonchev–Trinajstić information content (AvgIpc) is 3.13. The van der Waals surface area contributed by atoms with E-state index in [2.05, 4.69) is 60.7 Å².